The molecule has 1 heterocycles. The number of carbonyl (C=O) groups excluding carboxylic acids is 1. The van der Waals surface area contributed by atoms with Gasteiger partial charge in [0.05, 0.1) is 7.11 Å². The monoisotopic (exact) mass is 452 g/mol. The normalized spacial score (nSPS) is 11.9. The van der Waals surface area contributed by atoms with E-state index >= 15 is 0 Å². The lowest BCUT2D eigenvalue weighted by Gasteiger charge is -2.13. The number of carbonyl (C=O) groups is 1. The van der Waals surface area contributed by atoms with Crippen molar-refractivity contribution in [3.8, 4) is 22.8 Å². The number of hydrogen-bond acceptors (Lipinski definition) is 5. The van der Waals surface area contributed by atoms with Crippen LogP contribution < -0.4 is 15.2 Å². The summed E-state index contributed by atoms with van der Waals surface area (Å²) in [7, 11) is 1.57. The minimum Gasteiger partial charge on any atom is -0.497 e. The van der Waals surface area contributed by atoms with Gasteiger partial charge in [0, 0.05) is 5.56 Å². The standard InChI is InChI=1S/C19H15BrF2N2O4/c1-9(27-13-8-7-12(21)14(15(13)22)18(23)25)19-24-16(17(20)28-19)10-3-5-11(26-2)6-4-10/h3-9H,1-2H3,(H2,23,25). The largest absolute Gasteiger partial charge is 0.497 e. The van der Waals surface area contributed by atoms with Gasteiger partial charge in [0.15, 0.2) is 22.3 Å². The third kappa shape index (κ3) is 3.84. The van der Waals surface area contributed by atoms with Crippen LogP contribution in [0.15, 0.2) is 45.5 Å². The second-order valence-electron chi connectivity index (χ2n) is 5.76. The van der Waals surface area contributed by atoms with E-state index in [0.717, 1.165) is 17.7 Å². The molecule has 9 heteroatoms. The molecule has 28 heavy (non-hydrogen) atoms. The van der Waals surface area contributed by atoms with Crippen molar-refractivity contribution >= 4 is 21.8 Å². The highest BCUT2D eigenvalue weighted by molar-refractivity contribution is 9.10. The Morgan fingerprint density at radius 1 is 1.21 bits per heavy atom. The maximum absolute atomic E-state index is 14.3. The van der Waals surface area contributed by atoms with Crippen LogP contribution in [0.25, 0.3) is 11.3 Å². The number of nitrogens with two attached hydrogens (primary N) is 1. The molecule has 0 fully saturated rings. The smallest absolute Gasteiger partial charge is 0.254 e. The molecule has 2 N–H and O–H groups in total. The molecule has 6 nitrogen and oxygen atoms in total. The number of ether oxygens (including phenoxy) is 2. The van der Waals surface area contributed by atoms with Crippen molar-refractivity contribution in [1.29, 1.82) is 0 Å². The Kier molecular flexibility index (Phi) is 5.64. The molecule has 0 spiro atoms. The summed E-state index contributed by atoms with van der Waals surface area (Å²) in [6.45, 7) is 1.57. The molecule has 0 saturated carbocycles. The van der Waals surface area contributed by atoms with Crippen LogP contribution in [0.2, 0.25) is 0 Å². The topological polar surface area (TPSA) is 87.6 Å². The molecule has 3 rings (SSSR count). The zero-order chi connectivity index (χ0) is 20.4. The summed E-state index contributed by atoms with van der Waals surface area (Å²) >= 11 is 3.30. The zero-order valence-corrected chi connectivity index (χ0v) is 16.4. The van der Waals surface area contributed by atoms with Gasteiger partial charge in [-0.2, -0.15) is 0 Å². The molecule has 1 atom stereocenters. The van der Waals surface area contributed by atoms with Gasteiger partial charge in [-0.3, -0.25) is 4.79 Å². The molecule has 1 aromatic heterocycles. The van der Waals surface area contributed by atoms with E-state index in [-0.39, 0.29) is 11.6 Å². The van der Waals surface area contributed by atoms with Gasteiger partial charge in [-0.15, -0.1) is 0 Å². The number of primary amides is 1. The fourth-order valence-electron chi connectivity index (χ4n) is 2.51. The van der Waals surface area contributed by atoms with Crippen LogP contribution in [0.5, 0.6) is 11.5 Å². The average molecular weight is 453 g/mol. The van der Waals surface area contributed by atoms with E-state index < -0.39 is 29.2 Å². The molecule has 0 saturated heterocycles. The van der Waals surface area contributed by atoms with Crippen LogP contribution in [-0.2, 0) is 0 Å². The Bertz CT molecular complexity index is 1020. The molecule has 0 aliphatic rings. The summed E-state index contributed by atoms with van der Waals surface area (Å²) in [5.41, 5.74) is 5.43. The second-order valence-corrected chi connectivity index (χ2v) is 6.48. The molecule has 2 aromatic carbocycles. The maximum Gasteiger partial charge on any atom is 0.254 e. The zero-order valence-electron chi connectivity index (χ0n) is 14.8. The van der Waals surface area contributed by atoms with E-state index in [4.69, 9.17) is 19.6 Å². The van der Waals surface area contributed by atoms with Gasteiger partial charge in [0.25, 0.3) is 5.91 Å². The van der Waals surface area contributed by atoms with E-state index in [1.54, 1.807) is 38.3 Å². The highest BCUT2D eigenvalue weighted by atomic mass is 79.9. The van der Waals surface area contributed by atoms with Gasteiger partial charge in [0.2, 0.25) is 5.89 Å². The number of amides is 1. The molecule has 0 bridgehead atoms. The average Bonchev–Trinajstić information content (AvgIpc) is 3.06. The van der Waals surface area contributed by atoms with Crippen LogP contribution in [0, 0.1) is 11.6 Å². The van der Waals surface area contributed by atoms with Crippen molar-refractivity contribution in [2.45, 2.75) is 13.0 Å². The van der Waals surface area contributed by atoms with Crippen LogP contribution in [-0.4, -0.2) is 18.0 Å². The van der Waals surface area contributed by atoms with Crippen molar-refractivity contribution in [2.24, 2.45) is 5.73 Å². The Hall–Kier alpha value is -2.94. The Balaban J connectivity index is 1.87. The van der Waals surface area contributed by atoms with E-state index in [1.165, 1.54) is 0 Å². The SMILES string of the molecule is COc1ccc(-c2nc(C(C)Oc3ccc(F)c(C(N)=O)c3F)oc2Br)cc1. The predicted molar refractivity (Wildman–Crippen MR) is 100 cm³/mol. The quantitative estimate of drug-likeness (QED) is 0.588. The number of oxazole rings is 1. The van der Waals surface area contributed by atoms with Crippen LogP contribution >= 0.6 is 15.9 Å². The number of rotatable bonds is 6. The first-order chi connectivity index (χ1) is 13.3. The van der Waals surface area contributed by atoms with Crippen molar-refractivity contribution < 1.29 is 27.5 Å². The number of methoxy groups -OCH3 is 1. The molecular weight excluding hydrogens is 438 g/mol. The van der Waals surface area contributed by atoms with Crippen molar-refractivity contribution in [2.75, 3.05) is 7.11 Å². The summed E-state index contributed by atoms with van der Waals surface area (Å²) in [5.74, 6) is -2.97. The van der Waals surface area contributed by atoms with E-state index in [9.17, 15) is 13.6 Å². The van der Waals surface area contributed by atoms with Crippen LogP contribution in [0.3, 0.4) is 0 Å². The summed E-state index contributed by atoms with van der Waals surface area (Å²) in [4.78, 5) is 15.6. The van der Waals surface area contributed by atoms with E-state index in [2.05, 4.69) is 20.9 Å². The lowest BCUT2D eigenvalue weighted by Crippen LogP contribution is -2.16. The fourth-order valence-corrected chi connectivity index (χ4v) is 2.99. The Labute approximate surface area is 167 Å². The molecule has 1 unspecified atom stereocenters. The molecule has 0 radical (unpaired) electrons. The van der Waals surface area contributed by atoms with Gasteiger partial charge >= 0.3 is 0 Å². The summed E-state index contributed by atoms with van der Waals surface area (Å²) in [6, 6.07) is 9.12. The van der Waals surface area contributed by atoms with E-state index in [0.29, 0.717) is 16.1 Å². The maximum atomic E-state index is 14.3. The molecule has 0 aliphatic carbocycles. The van der Waals surface area contributed by atoms with Crippen LogP contribution in [0.1, 0.15) is 29.3 Å². The number of nitrogens with zero attached hydrogens (tertiary/aromatic N) is 1. The lowest BCUT2D eigenvalue weighted by molar-refractivity contribution is 0.0989. The minimum atomic E-state index is -1.23. The molecule has 1 amide bonds. The first-order valence-corrected chi connectivity index (χ1v) is 8.86. The second kappa shape index (κ2) is 7.97. The number of halogens is 3. The summed E-state index contributed by atoms with van der Waals surface area (Å²) in [6.07, 6.45) is -0.830. The predicted octanol–water partition coefficient (Wildman–Crippen LogP) is 4.63. The van der Waals surface area contributed by atoms with Crippen molar-refractivity contribution in [3.63, 3.8) is 0 Å². The van der Waals surface area contributed by atoms with Gasteiger partial charge < -0.3 is 19.6 Å². The molecule has 3 aromatic rings. The van der Waals surface area contributed by atoms with Gasteiger partial charge in [-0.1, -0.05) is 0 Å². The number of aromatic nitrogens is 1. The highest BCUT2D eigenvalue weighted by Gasteiger charge is 2.24. The van der Waals surface area contributed by atoms with Gasteiger partial charge in [-0.25, -0.2) is 13.8 Å². The Morgan fingerprint density at radius 2 is 1.89 bits per heavy atom. The highest BCUT2D eigenvalue weighted by Crippen LogP contribution is 2.34. The number of hydrogen-bond donors (Lipinski definition) is 1. The lowest BCUT2D eigenvalue weighted by atomic mass is 10.1. The number of benzene rings is 2. The molecule has 146 valence electrons. The first kappa shape index (κ1) is 19.8. The van der Waals surface area contributed by atoms with Gasteiger partial charge in [0.1, 0.15) is 22.8 Å². The Morgan fingerprint density at radius 3 is 2.50 bits per heavy atom. The van der Waals surface area contributed by atoms with Gasteiger partial charge in [-0.05, 0) is 59.3 Å². The molecule has 0 aliphatic heterocycles. The van der Waals surface area contributed by atoms with Crippen LogP contribution in [0.4, 0.5) is 8.78 Å². The summed E-state index contributed by atoms with van der Waals surface area (Å²) < 4.78 is 44.5. The summed E-state index contributed by atoms with van der Waals surface area (Å²) in [5, 5.41) is 0. The third-order valence-electron chi connectivity index (χ3n) is 3.92. The fraction of sp³-hybridized carbons (Fsp3) is 0.158. The first-order valence-electron chi connectivity index (χ1n) is 8.07. The van der Waals surface area contributed by atoms with E-state index in [1.807, 2.05) is 0 Å². The third-order valence-corrected chi connectivity index (χ3v) is 4.46. The van der Waals surface area contributed by atoms with Crippen molar-refractivity contribution in [3.05, 3.63) is 64.2 Å². The van der Waals surface area contributed by atoms with Crippen molar-refractivity contribution in [1.82, 2.24) is 4.98 Å². The molecular formula is C19H15BrF2N2O4. The minimum absolute atomic E-state index is 0.155.